The fourth-order valence-electron chi connectivity index (χ4n) is 2.69. The van der Waals surface area contributed by atoms with Crippen LogP contribution in [0.1, 0.15) is 29.6 Å². The number of anilines is 1. The maximum absolute atomic E-state index is 12.7. The molecule has 136 valence electrons. The number of amides is 2. The van der Waals surface area contributed by atoms with E-state index in [-0.39, 0.29) is 5.91 Å². The van der Waals surface area contributed by atoms with E-state index in [0.29, 0.717) is 41.4 Å². The first-order valence-corrected chi connectivity index (χ1v) is 9.72. The third-order valence-electron chi connectivity index (χ3n) is 3.97. The van der Waals surface area contributed by atoms with Crippen LogP contribution < -0.4 is 10.2 Å². The molecule has 0 bridgehead atoms. The number of ether oxygens (including phenoxy) is 1. The molecule has 1 fully saturated rings. The van der Waals surface area contributed by atoms with Crippen molar-refractivity contribution >= 4 is 46.8 Å². The molecule has 1 saturated heterocycles. The minimum absolute atomic E-state index is 0.0387. The summed E-state index contributed by atoms with van der Waals surface area (Å²) >= 11 is 7.63. The largest absolute Gasteiger partial charge is 0.467 e. The third kappa shape index (κ3) is 4.89. The topological polar surface area (TPSA) is 75.7 Å². The Balaban J connectivity index is 2.25. The first kappa shape index (κ1) is 19.6. The minimum Gasteiger partial charge on any atom is -0.467 e. The molecule has 0 spiro atoms. The van der Waals surface area contributed by atoms with Gasteiger partial charge in [-0.1, -0.05) is 11.6 Å². The first-order valence-electron chi connectivity index (χ1n) is 7.95. The first-order chi connectivity index (χ1) is 12.0. The molecule has 2 rings (SSSR count). The average Bonchev–Trinajstić information content (AvgIpc) is 3.03. The molecule has 0 unspecified atom stereocenters. The summed E-state index contributed by atoms with van der Waals surface area (Å²) in [6.07, 6.45) is 3.58. The number of thioether (sulfide) groups is 1. The lowest BCUT2D eigenvalue weighted by Crippen LogP contribution is -2.42. The summed E-state index contributed by atoms with van der Waals surface area (Å²) in [6.45, 7) is 0.548. The van der Waals surface area contributed by atoms with Crippen molar-refractivity contribution in [1.29, 1.82) is 0 Å². The van der Waals surface area contributed by atoms with Crippen LogP contribution in [0.25, 0.3) is 0 Å². The Morgan fingerprint density at radius 3 is 2.80 bits per heavy atom. The van der Waals surface area contributed by atoms with E-state index >= 15 is 0 Å². The molecule has 1 atom stereocenters. The van der Waals surface area contributed by atoms with Gasteiger partial charge in [-0.2, -0.15) is 11.8 Å². The van der Waals surface area contributed by atoms with Gasteiger partial charge >= 0.3 is 5.97 Å². The van der Waals surface area contributed by atoms with Crippen LogP contribution in [0.15, 0.2) is 18.2 Å². The van der Waals surface area contributed by atoms with Crippen LogP contribution in [0.3, 0.4) is 0 Å². The van der Waals surface area contributed by atoms with Crippen LogP contribution in [0.5, 0.6) is 0 Å². The van der Waals surface area contributed by atoms with Gasteiger partial charge in [0.1, 0.15) is 6.04 Å². The highest BCUT2D eigenvalue weighted by atomic mass is 35.5. The number of esters is 1. The van der Waals surface area contributed by atoms with Crippen molar-refractivity contribution < 1.29 is 19.1 Å². The van der Waals surface area contributed by atoms with Crippen LogP contribution in [0.4, 0.5) is 5.69 Å². The molecular formula is C17H21ClN2O4S. The minimum atomic E-state index is -0.734. The highest BCUT2D eigenvalue weighted by molar-refractivity contribution is 7.98. The Labute approximate surface area is 156 Å². The molecule has 1 aromatic carbocycles. The molecule has 8 heteroatoms. The molecule has 25 heavy (non-hydrogen) atoms. The number of benzene rings is 1. The highest BCUT2D eigenvalue weighted by Crippen LogP contribution is 2.28. The lowest BCUT2D eigenvalue weighted by Gasteiger charge is -2.21. The number of nitrogens with zero attached hydrogens (tertiary/aromatic N) is 1. The standard InChI is InChI=1S/C17H21ClN2O4S/c1-24-17(23)13(7-9-25-2)19-16(22)12-6-5-11(18)10-14(12)20-8-3-4-15(20)21/h5-6,10,13H,3-4,7-9H2,1-2H3,(H,19,22)/t13-/m0/s1. The normalized spacial score (nSPS) is 15.2. The summed E-state index contributed by atoms with van der Waals surface area (Å²) in [5, 5.41) is 3.15. The maximum atomic E-state index is 12.7. The second-order valence-electron chi connectivity index (χ2n) is 5.64. The number of rotatable bonds is 7. The zero-order valence-electron chi connectivity index (χ0n) is 14.2. The van der Waals surface area contributed by atoms with Crippen LogP contribution in [0.2, 0.25) is 5.02 Å². The van der Waals surface area contributed by atoms with Crippen LogP contribution in [0, 0.1) is 0 Å². The van der Waals surface area contributed by atoms with E-state index < -0.39 is 17.9 Å². The molecule has 0 aromatic heterocycles. The second kappa shape index (κ2) is 9.10. The van der Waals surface area contributed by atoms with Crippen LogP contribution >= 0.6 is 23.4 Å². The molecule has 0 radical (unpaired) electrons. The summed E-state index contributed by atoms with van der Waals surface area (Å²) < 4.78 is 4.76. The summed E-state index contributed by atoms with van der Waals surface area (Å²) in [5.74, 6) is -0.251. The number of halogens is 1. The maximum Gasteiger partial charge on any atom is 0.328 e. The molecule has 1 aliphatic heterocycles. The van der Waals surface area contributed by atoms with Gasteiger partial charge in [-0.05, 0) is 43.0 Å². The number of carbonyl (C=O) groups excluding carboxylic acids is 3. The lowest BCUT2D eigenvalue weighted by atomic mass is 10.1. The zero-order chi connectivity index (χ0) is 18.4. The van der Waals surface area contributed by atoms with Crippen molar-refractivity contribution in [2.75, 3.05) is 30.6 Å². The molecule has 1 heterocycles. The number of methoxy groups -OCH3 is 1. The monoisotopic (exact) mass is 384 g/mol. The smallest absolute Gasteiger partial charge is 0.328 e. The van der Waals surface area contributed by atoms with Crippen molar-refractivity contribution in [2.45, 2.75) is 25.3 Å². The van der Waals surface area contributed by atoms with Crippen molar-refractivity contribution in [3.63, 3.8) is 0 Å². The fourth-order valence-corrected chi connectivity index (χ4v) is 3.32. The second-order valence-corrected chi connectivity index (χ2v) is 7.06. The van der Waals surface area contributed by atoms with E-state index in [0.717, 1.165) is 6.42 Å². The SMILES string of the molecule is COC(=O)[C@H](CCSC)NC(=O)c1ccc(Cl)cc1N1CCCC1=O. The predicted octanol–water partition coefficient (Wildman–Crippen LogP) is 2.49. The van der Waals surface area contributed by atoms with Gasteiger partial charge < -0.3 is 15.0 Å². The Bertz CT molecular complexity index is 668. The van der Waals surface area contributed by atoms with Gasteiger partial charge in [-0.15, -0.1) is 0 Å². The average molecular weight is 385 g/mol. The highest BCUT2D eigenvalue weighted by Gasteiger charge is 2.28. The van der Waals surface area contributed by atoms with Crippen molar-refractivity contribution in [3.8, 4) is 0 Å². The lowest BCUT2D eigenvalue weighted by molar-refractivity contribution is -0.142. The Hall–Kier alpha value is -1.73. The van der Waals surface area contributed by atoms with Crippen molar-refractivity contribution in [2.24, 2.45) is 0 Å². The van der Waals surface area contributed by atoms with E-state index in [9.17, 15) is 14.4 Å². The number of carbonyl (C=O) groups is 3. The summed E-state index contributed by atoms with van der Waals surface area (Å²) in [6, 6.07) is 4.04. The molecular weight excluding hydrogens is 364 g/mol. The van der Waals surface area contributed by atoms with Gasteiger partial charge in [0, 0.05) is 18.0 Å². The summed E-state index contributed by atoms with van der Waals surface area (Å²) in [4.78, 5) is 38.2. The van der Waals surface area contributed by atoms with Gasteiger partial charge in [0.05, 0.1) is 18.4 Å². The number of nitrogens with one attached hydrogen (secondary N) is 1. The van der Waals surface area contributed by atoms with E-state index in [1.54, 1.807) is 34.9 Å². The molecule has 0 aliphatic carbocycles. The predicted molar refractivity (Wildman–Crippen MR) is 99.3 cm³/mol. The Kier molecular flexibility index (Phi) is 7.13. The summed E-state index contributed by atoms with van der Waals surface area (Å²) in [7, 11) is 1.29. The van der Waals surface area contributed by atoms with Gasteiger partial charge in [-0.3, -0.25) is 9.59 Å². The van der Waals surface area contributed by atoms with Gasteiger partial charge in [0.2, 0.25) is 5.91 Å². The Morgan fingerprint density at radius 1 is 1.44 bits per heavy atom. The van der Waals surface area contributed by atoms with Crippen molar-refractivity contribution in [3.05, 3.63) is 28.8 Å². The number of hydrogen-bond acceptors (Lipinski definition) is 5. The third-order valence-corrected chi connectivity index (χ3v) is 4.85. The molecule has 0 saturated carbocycles. The molecule has 6 nitrogen and oxygen atoms in total. The molecule has 2 amide bonds. The quantitative estimate of drug-likeness (QED) is 0.731. The zero-order valence-corrected chi connectivity index (χ0v) is 15.8. The van der Waals surface area contributed by atoms with Gasteiger partial charge in [0.15, 0.2) is 0 Å². The van der Waals surface area contributed by atoms with Crippen molar-refractivity contribution in [1.82, 2.24) is 5.32 Å². The van der Waals surface area contributed by atoms with Crippen LogP contribution in [-0.2, 0) is 14.3 Å². The van der Waals surface area contributed by atoms with E-state index in [1.807, 2.05) is 6.26 Å². The molecule has 1 aromatic rings. The molecule has 1 aliphatic rings. The molecule has 1 N–H and O–H groups in total. The van der Waals surface area contributed by atoms with E-state index in [2.05, 4.69) is 5.32 Å². The summed E-state index contributed by atoms with van der Waals surface area (Å²) in [5.41, 5.74) is 0.790. The van der Waals surface area contributed by atoms with Gasteiger partial charge in [0.25, 0.3) is 5.91 Å². The van der Waals surface area contributed by atoms with Gasteiger partial charge in [-0.25, -0.2) is 4.79 Å². The van der Waals surface area contributed by atoms with E-state index in [1.165, 1.54) is 7.11 Å². The Morgan fingerprint density at radius 2 is 2.20 bits per heavy atom. The van der Waals surface area contributed by atoms with Crippen LogP contribution in [-0.4, -0.2) is 49.5 Å². The fraction of sp³-hybridized carbons (Fsp3) is 0.471. The van der Waals surface area contributed by atoms with E-state index in [4.69, 9.17) is 16.3 Å². The number of hydrogen-bond donors (Lipinski definition) is 1.